The van der Waals surface area contributed by atoms with E-state index in [1.165, 1.54) is 12.8 Å². The predicted molar refractivity (Wildman–Crippen MR) is 50.1 cm³/mol. The van der Waals surface area contributed by atoms with Crippen LogP contribution in [0.1, 0.15) is 18.9 Å². The molecule has 2 fully saturated rings. The summed E-state index contributed by atoms with van der Waals surface area (Å²) in [6.45, 7) is 1.30. The number of nitrogens with two attached hydrogens (primary N) is 1. The summed E-state index contributed by atoms with van der Waals surface area (Å²) >= 11 is 0. The average Bonchev–Trinajstić information content (AvgIpc) is 2.85. The molecule has 3 rings (SSSR count). The lowest BCUT2D eigenvalue weighted by atomic mass is 10.3. The first-order valence-electron chi connectivity index (χ1n) is 4.92. The molecule has 1 aromatic heterocycles. The maximum Gasteiger partial charge on any atom is 0.256 e. The number of hydrogen-bond donors (Lipinski definition) is 1. The van der Waals surface area contributed by atoms with Crippen LogP contribution in [0.5, 0.6) is 5.88 Å². The van der Waals surface area contributed by atoms with Crippen molar-refractivity contribution >= 4 is 5.69 Å². The van der Waals surface area contributed by atoms with Gasteiger partial charge in [0.15, 0.2) is 0 Å². The zero-order valence-corrected chi connectivity index (χ0v) is 7.85. The third kappa shape index (κ3) is 1.33. The van der Waals surface area contributed by atoms with Gasteiger partial charge in [0.25, 0.3) is 5.88 Å². The SMILES string of the molecule is Nc1cn(C2CC2)nc1OC1COC1. The highest BCUT2D eigenvalue weighted by Crippen LogP contribution is 2.36. The molecule has 5 heteroatoms. The number of hydrogen-bond acceptors (Lipinski definition) is 4. The monoisotopic (exact) mass is 195 g/mol. The largest absolute Gasteiger partial charge is 0.467 e. The summed E-state index contributed by atoms with van der Waals surface area (Å²) in [5.74, 6) is 0.560. The highest BCUT2D eigenvalue weighted by molar-refractivity contribution is 5.46. The van der Waals surface area contributed by atoms with Gasteiger partial charge in [0.2, 0.25) is 0 Å². The van der Waals surface area contributed by atoms with E-state index in [2.05, 4.69) is 5.10 Å². The average molecular weight is 195 g/mol. The fraction of sp³-hybridized carbons (Fsp3) is 0.667. The fourth-order valence-corrected chi connectivity index (χ4v) is 1.45. The number of ether oxygens (including phenoxy) is 2. The third-order valence-electron chi connectivity index (χ3n) is 2.53. The molecule has 1 aliphatic heterocycles. The van der Waals surface area contributed by atoms with E-state index >= 15 is 0 Å². The van der Waals surface area contributed by atoms with Gasteiger partial charge in [0, 0.05) is 0 Å². The molecule has 2 heterocycles. The number of rotatable bonds is 3. The van der Waals surface area contributed by atoms with Crippen LogP contribution in [0.25, 0.3) is 0 Å². The van der Waals surface area contributed by atoms with E-state index in [1.807, 2.05) is 10.9 Å². The molecular formula is C9H13N3O2. The van der Waals surface area contributed by atoms with Crippen LogP contribution < -0.4 is 10.5 Å². The molecule has 5 nitrogen and oxygen atoms in total. The summed E-state index contributed by atoms with van der Waals surface area (Å²) in [5.41, 5.74) is 6.41. The maximum absolute atomic E-state index is 5.78. The van der Waals surface area contributed by atoms with Gasteiger partial charge in [-0.3, -0.25) is 4.68 Å². The summed E-state index contributed by atoms with van der Waals surface area (Å²) in [4.78, 5) is 0. The first kappa shape index (κ1) is 8.11. The Morgan fingerprint density at radius 1 is 1.50 bits per heavy atom. The maximum atomic E-state index is 5.78. The molecule has 2 aliphatic rings. The molecule has 1 saturated heterocycles. The Morgan fingerprint density at radius 3 is 2.86 bits per heavy atom. The minimum atomic E-state index is 0.139. The van der Waals surface area contributed by atoms with E-state index in [1.54, 1.807) is 0 Å². The molecule has 0 radical (unpaired) electrons. The highest BCUT2D eigenvalue weighted by atomic mass is 16.6. The molecule has 0 atom stereocenters. The minimum absolute atomic E-state index is 0.139. The summed E-state index contributed by atoms with van der Waals surface area (Å²) in [7, 11) is 0. The lowest BCUT2D eigenvalue weighted by molar-refractivity contribution is -0.0812. The first-order valence-corrected chi connectivity index (χ1v) is 4.92. The molecule has 76 valence electrons. The Balaban J connectivity index is 1.74. The molecule has 1 aliphatic carbocycles. The van der Waals surface area contributed by atoms with Gasteiger partial charge in [0.1, 0.15) is 11.8 Å². The molecule has 0 bridgehead atoms. The van der Waals surface area contributed by atoms with Crippen LogP contribution in [0.2, 0.25) is 0 Å². The van der Waals surface area contributed by atoms with Crippen LogP contribution in [0.4, 0.5) is 5.69 Å². The lowest BCUT2D eigenvalue weighted by Gasteiger charge is -2.25. The Labute approximate surface area is 81.8 Å². The van der Waals surface area contributed by atoms with Crippen molar-refractivity contribution in [2.45, 2.75) is 25.0 Å². The predicted octanol–water partition coefficient (Wildman–Crippen LogP) is 0.578. The third-order valence-corrected chi connectivity index (χ3v) is 2.53. The van der Waals surface area contributed by atoms with Gasteiger partial charge in [-0.05, 0) is 12.8 Å². The molecule has 14 heavy (non-hydrogen) atoms. The van der Waals surface area contributed by atoms with Gasteiger partial charge >= 0.3 is 0 Å². The summed E-state index contributed by atoms with van der Waals surface area (Å²) in [6.07, 6.45) is 4.40. The second-order valence-corrected chi connectivity index (χ2v) is 3.88. The van der Waals surface area contributed by atoms with Crippen LogP contribution >= 0.6 is 0 Å². The number of nitrogens with zero attached hydrogens (tertiary/aromatic N) is 2. The second kappa shape index (κ2) is 2.88. The number of aromatic nitrogens is 2. The molecule has 0 amide bonds. The fourth-order valence-electron chi connectivity index (χ4n) is 1.45. The Kier molecular flexibility index (Phi) is 1.67. The van der Waals surface area contributed by atoms with Crippen molar-refractivity contribution in [3.63, 3.8) is 0 Å². The smallest absolute Gasteiger partial charge is 0.256 e. The van der Waals surface area contributed by atoms with Gasteiger partial charge < -0.3 is 15.2 Å². The summed E-state index contributed by atoms with van der Waals surface area (Å²) in [6, 6.07) is 0.548. The Hall–Kier alpha value is -1.23. The standard InChI is InChI=1S/C9H13N3O2/c10-8-3-12(6-1-2-6)11-9(8)14-7-4-13-5-7/h3,6-7H,1-2,4-5,10H2. The van der Waals surface area contributed by atoms with Gasteiger partial charge in [-0.15, -0.1) is 5.10 Å². The van der Waals surface area contributed by atoms with Crippen molar-refractivity contribution in [2.24, 2.45) is 0 Å². The van der Waals surface area contributed by atoms with Crippen LogP contribution in [0.3, 0.4) is 0 Å². The second-order valence-electron chi connectivity index (χ2n) is 3.88. The van der Waals surface area contributed by atoms with Crippen LogP contribution in [-0.2, 0) is 4.74 Å². The van der Waals surface area contributed by atoms with Crippen molar-refractivity contribution in [1.82, 2.24) is 9.78 Å². The van der Waals surface area contributed by atoms with E-state index in [4.69, 9.17) is 15.2 Å². The molecule has 0 spiro atoms. The van der Waals surface area contributed by atoms with Gasteiger partial charge in [-0.2, -0.15) is 0 Å². The highest BCUT2D eigenvalue weighted by Gasteiger charge is 2.27. The zero-order chi connectivity index (χ0) is 9.54. The van der Waals surface area contributed by atoms with Gasteiger partial charge in [-0.25, -0.2) is 0 Å². The molecule has 0 aromatic carbocycles. The van der Waals surface area contributed by atoms with E-state index in [0.717, 1.165) is 0 Å². The molecule has 2 N–H and O–H groups in total. The molecule has 0 unspecified atom stereocenters. The van der Waals surface area contributed by atoms with Crippen LogP contribution in [-0.4, -0.2) is 29.1 Å². The van der Waals surface area contributed by atoms with Crippen molar-refractivity contribution in [2.75, 3.05) is 18.9 Å². The van der Waals surface area contributed by atoms with Crippen molar-refractivity contribution < 1.29 is 9.47 Å². The van der Waals surface area contributed by atoms with E-state index in [9.17, 15) is 0 Å². The normalized spacial score (nSPS) is 22.0. The van der Waals surface area contributed by atoms with Crippen molar-refractivity contribution in [3.05, 3.63) is 6.20 Å². The quantitative estimate of drug-likeness (QED) is 0.766. The minimum Gasteiger partial charge on any atom is -0.467 e. The van der Waals surface area contributed by atoms with Crippen molar-refractivity contribution in [1.29, 1.82) is 0 Å². The van der Waals surface area contributed by atoms with E-state index in [0.29, 0.717) is 30.8 Å². The molecule has 1 aromatic rings. The van der Waals surface area contributed by atoms with Crippen LogP contribution in [0.15, 0.2) is 6.20 Å². The molecular weight excluding hydrogens is 182 g/mol. The number of nitrogen functional groups attached to an aromatic ring is 1. The van der Waals surface area contributed by atoms with E-state index in [-0.39, 0.29) is 6.10 Å². The van der Waals surface area contributed by atoms with Crippen LogP contribution in [0, 0.1) is 0 Å². The first-order chi connectivity index (χ1) is 6.83. The van der Waals surface area contributed by atoms with E-state index < -0.39 is 0 Å². The number of anilines is 1. The Bertz CT molecular complexity index is 342. The summed E-state index contributed by atoms with van der Waals surface area (Å²) in [5, 5.41) is 4.31. The Morgan fingerprint density at radius 2 is 2.29 bits per heavy atom. The van der Waals surface area contributed by atoms with Gasteiger partial charge in [-0.1, -0.05) is 0 Å². The topological polar surface area (TPSA) is 62.3 Å². The molecule has 1 saturated carbocycles. The lowest BCUT2D eigenvalue weighted by Crippen LogP contribution is -2.38. The van der Waals surface area contributed by atoms with Crippen molar-refractivity contribution in [3.8, 4) is 5.88 Å². The zero-order valence-electron chi connectivity index (χ0n) is 7.85. The summed E-state index contributed by atoms with van der Waals surface area (Å²) < 4.78 is 12.5. The van der Waals surface area contributed by atoms with Gasteiger partial charge in [0.05, 0.1) is 25.5 Å².